The predicted molar refractivity (Wildman–Crippen MR) is 81.0 cm³/mol. The Hall–Kier alpha value is -2.69. The van der Waals surface area contributed by atoms with Crippen LogP contribution in [0.4, 0.5) is 0 Å². The number of tetrazole rings is 1. The van der Waals surface area contributed by atoms with E-state index in [2.05, 4.69) is 39.7 Å². The lowest BCUT2D eigenvalue weighted by atomic mass is 9.97. The van der Waals surface area contributed by atoms with Gasteiger partial charge in [0.05, 0.1) is 6.61 Å². The number of hydrogen-bond acceptors (Lipinski definition) is 4. The van der Waals surface area contributed by atoms with Crippen LogP contribution < -0.4 is 4.74 Å². The maximum absolute atomic E-state index is 5.78. The molecular weight excluding hydrogens is 264 g/mol. The third kappa shape index (κ3) is 2.63. The third-order valence-corrected chi connectivity index (χ3v) is 3.24. The molecule has 1 N–H and O–H groups in total. The summed E-state index contributed by atoms with van der Waals surface area (Å²) in [5.74, 6) is 1.45. The van der Waals surface area contributed by atoms with Gasteiger partial charge in [-0.15, -0.1) is 10.2 Å². The number of hydrogen-bond donors (Lipinski definition) is 1. The molecular formula is C16H16N4O. The average Bonchev–Trinajstić information content (AvgIpc) is 3.02. The molecule has 0 saturated heterocycles. The zero-order valence-corrected chi connectivity index (χ0v) is 12.0. The van der Waals surface area contributed by atoms with E-state index in [1.807, 2.05) is 37.3 Å². The smallest absolute Gasteiger partial charge is 0.205 e. The van der Waals surface area contributed by atoms with Gasteiger partial charge in [0.25, 0.3) is 0 Å². The monoisotopic (exact) mass is 280 g/mol. The topological polar surface area (TPSA) is 63.7 Å². The minimum absolute atomic E-state index is 0.577. The molecule has 0 aliphatic heterocycles. The molecule has 5 nitrogen and oxygen atoms in total. The Balaban J connectivity index is 2.17. The van der Waals surface area contributed by atoms with Gasteiger partial charge in [-0.05, 0) is 36.3 Å². The number of H-pyrrole nitrogens is 1. The molecule has 0 atom stereocenters. The standard InChI is InChI=1S/C16H16N4O/c1-3-21-15-10-11(2)8-9-13(15)12-6-4-5-7-14(12)16-17-19-20-18-16/h4-10H,3H2,1-2H3,(H,17,18,19,20). The number of aromatic nitrogens is 4. The SMILES string of the molecule is CCOc1cc(C)ccc1-c1ccccc1-c1nn[nH]n1. The minimum Gasteiger partial charge on any atom is -0.493 e. The summed E-state index contributed by atoms with van der Waals surface area (Å²) in [7, 11) is 0. The van der Waals surface area contributed by atoms with Gasteiger partial charge in [0.15, 0.2) is 0 Å². The van der Waals surface area contributed by atoms with E-state index in [9.17, 15) is 0 Å². The Morgan fingerprint density at radius 3 is 2.57 bits per heavy atom. The van der Waals surface area contributed by atoms with Gasteiger partial charge in [-0.1, -0.05) is 36.4 Å². The van der Waals surface area contributed by atoms with Crippen LogP contribution in [0.1, 0.15) is 12.5 Å². The molecule has 0 radical (unpaired) electrons. The Morgan fingerprint density at radius 1 is 1.05 bits per heavy atom. The summed E-state index contributed by atoms with van der Waals surface area (Å²) in [6.45, 7) is 4.66. The molecule has 0 saturated carbocycles. The minimum atomic E-state index is 0.577. The summed E-state index contributed by atoms with van der Waals surface area (Å²) >= 11 is 0. The van der Waals surface area contributed by atoms with Crippen molar-refractivity contribution >= 4 is 0 Å². The molecule has 0 aliphatic rings. The first kappa shape index (κ1) is 13.3. The average molecular weight is 280 g/mol. The van der Waals surface area contributed by atoms with E-state index >= 15 is 0 Å². The summed E-state index contributed by atoms with van der Waals surface area (Å²) in [4.78, 5) is 0. The van der Waals surface area contributed by atoms with Crippen LogP contribution in [-0.2, 0) is 0 Å². The predicted octanol–water partition coefficient (Wildman–Crippen LogP) is 3.24. The maximum Gasteiger partial charge on any atom is 0.205 e. The van der Waals surface area contributed by atoms with Gasteiger partial charge in [0.2, 0.25) is 5.82 Å². The van der Waals surface area contributed by atoms with Crippen molar-refractivity contribution in [1.29, 1.82) is 0 Å². The van der Waals surface area contributed by atoms with Crippen molar-refractivity contribution in [2.24, 2.45) is 0 Å². The van der Waals surface area contributed by atoms with E-state index in [-0.39, 0.29) is 0 Å². The summed E-state index contributed by atoms with van der Waals surface area (Å²) in [5, 5.41) is 14.3. The lowest BCUT2D eigenvalue weighted by Gasteiger charge is -2.13. The van der Waals surface area contributed by atoms with Crippen LogP contribution in [0.25, 0.3) is 22.5 Å². The van der Waals surface area contributed by atoms with Crippen molar-refractivity contribution in [3.05, 3.63) is 48.0 Å². The van der Waals surface area contributed by atoms with Crippen LogP contribution in [0, 0.1) is 6.92 Å². The summed E-state index contributed by atoms with van der Waals surface area (Å²) in [6, 6.07) is 14.2. The van der Waals surface area contributed by atoms with Crippen molar-refractivity contribution in [3.8, 4) is 28.3 Å². The highest BCUT2D eigenvalue weighted by molar-refractivity contribution is 5.83. The number of rotatable bonds is 4. The van der Waals surface area contributed by atoms with Crippen molar-refractivity contribution < 1.29 is 4.74 Å². The third-order valence-electron chi connectivity index (χ3n) is 3.24. The first-order valence-corrected chi connectivity index (χ1v) is 6.86. The van der Waals surface area contributed by atoms with E-state index in [0.717, 1.165) is 22.4 Å². The Morgan fingerprint density at radius 2 is 1.86 bits per heavy atom. The second-order valence-corrected chi connectivity index (χ2v) is 4.71. The summed E-state index contributed by atoms with van der Waals surface area (Å²) < 4.78 is 5.78. The molecule has 3 aromatic rings. The van der Waals surface area contributed by atoms with Gasteiger partial charge in [-0.2, -0.15) is 5.21 Å². The molecule has 3 rings (SSSR count). The van der Waals surface area contributed by atoms with E-state index in [1.165, 1.54) is 5.56 Å². The van der Waals surface area contributed by atoms with Gasteiger partial charge in [0.1, 0.15) is 5.75 Å². The van der Waals surface area contributed by atoms with Gasteiger partial charge in [0, 0.05) is 11.1 Å². The molecule has 106 valence electrons. The van der Waals surface area contributed by atoms with Gasteiger partial charge < -0.3 is 4.74 Å². The fourth-order valence-corrected chi connectivity index (χ4v) is 2.32. The molecule has 5 heteroatoms. The van der Waals surface area contributed by atoms with E-state index in [4.69, 9.17) is 4.74 Å². The van der Waals surface area contributed by atoms with Gasteiger partial charge in [-0.3, -0.25) is 0 Å². The number of ether oxygens (including phenoxy) is 1. The molecule has 2 aromatic carbocycles. The quantitative estimate of drug-likeness (QED) is 0.797. The molecule has 21 heavy (non-hydrogen) atoms. The fraction of sp³-hybridized carbons (Fsp3) is 0.188. The van der Waals surface area contributed by atoms with Crippen LogP contribution in [0.15, 0.2) is 42.5 Å². The number of nitrogens with zero attached hydrogens (tertiary/aromatic N) is 3. The molecule has 1 aromatic heterocycles. The van der Waals surface area contributed by atoms with Gasteiger partial charge in [-0.25, -0.2) is 0 Å². The second kappa shape index (κ2) is 5.75. The van der Waals surface area contributed by atoms with Crippen molar-refractivity contribution in [2.45, 2.75) is 13.8 Å². The lowest BCUT2D eigenvalue weighted by molar-refractivity contribution is 0.341. The first-order valence-electron chi connectivity index (χ1n) is 6.86. The van der Waals surface area contributed by atoms with Crippen molar-refractivity contribution in [3.63, 3.8) is 0 Å². The highest BCUT2D eigenvalue weighted by Crippen LogP contribution is 2.36. The molecule has 0 aliphatic carbocycles. The number of nitrogens with one attached hydrogen (secondary N) is 1. The van der Waals surface area contributed by atoms with E-state index in [0.29, 0.717) is 12.4 Å². The van der Waals surface area contributed by atoms with E-state index in [1.54, 1.807) is 0 Å². The molecule has 0 bridgehead atoms. The maximum atomic E-state index is 5.78. The first-order chi connectivity index (χ1) is 10.3. The Bertz CT molecular complexity index is 738. The van der Waals surface area contributed by atoms with Crippen LogP contribution in [0.3, 0.4) is 0 Å². The molecule has 0 spiro atoms. The van der Waals surface area contributed by atoms with E-state index < -0.39 is 0 Å². The van der Waals surface area contributed by atoms with Crippen LogP contribution in [0.2, 0.25) is 0 Å². The Kier molecular flexibility index (Phi) is 3.64. The Labute approximate surface area is 123 Å². The van der Waals surface area contributed by atoms with Gasteiger partial charge >= 0.3 is 0 Å². The largest absolute Gasteiger partial charge is 0.493 e. The van der Waals surface area contributed by atoms with Crippen LogP contribution in [-0.4, -0.2) is 27.2 Å². The molecule has 0 unspecified atom stereocenters. The van der Waals surface area contributed by atoms with Crippen molar-refractivity contribution in [1.82, 2.24) is 20.6 Å². The summed E-state index contributed by atoms with van der Waals surface area (Å²) in [6.07, 6.45) is 0. The lowest BCUT2D eigenvalue weighted by Crippen LogP contribution is -1.96. The highest BCUT2D eigenvalue weighted by Gasteiger charge is 2.14. The second-order valence-electron chi connectivity index (χ2n) is 4.71. The van der Waals surface area contributed by atoms with Crippen LogP contribution >= 0.6 is 0 Å². The number of aromatic amines is 1. The zero-order chi connectivity index (χ0) is 14.7. The number of benzene rings is 2. The molecule has 0 fully saturated rings. The summed E-state index contributed by atoms with van der Waals surface area (Å²) in [5.41, 5.74) is 4.15. The van der Waals surface area contributed by atoms with Crippen molar-refractivity contribution in [2.75, 3.05) is 6.61 Å². The molecule has 1 heterocycles. The zero-order valence-electron chi connectivity index (χ0n) is 12.0. The molecule has 0 amide bonds. The normalized spacial score (nSPS) is 10.6. The number of aryl methyl sites for hydroxylation is 1. The fourth-order valence-electron chi connectivity index (χ4n) is 2.32. The van der Waals surface area contributed by atoms with Crippen LogP contribution in [0.5, 0.6) is 5.75 Å². The highest BCUT2D eigenvalue weighted by atomic mass is 16.5.